The summed E-state index contributed by atoms with van der Waals surface area (Å²) in [5.41, 5.74) is 8.41. The first-order valence-electron chi connectivity index (χ1n) is 7.05. The Kier molecular flexibility index (Phi) is 3.83. The number of nitrogens with zero attached hydrogens (tertiary/aromatic N) is 2. The van der Waals surface area contributed by atoms with Gasteiger partial charge < -0.3 is 16.0 Å². The van der Waals surface area contributed by atoms with Gasteiger partial charge in [0, 0.05) is 43.6 Å². The molecule has 2 aromatic rings. The summed E-state index contributed by atoms with van der Waals surface area (Å²) < 4.78 is 0. The van der Waals surface area contributed by atoms with Crippen molar-refractivity contribution >= 4 is 11.5 Å². The minimum atomic E-state index is 0.295. The Bertz CT molecular complexity index is 555. The Balaban J connectivity index is 1.65. The zero-order valence-electron chi connectivity index (χ0n) is 11.5. The van der Waals surface area contributed by atoms with Crippen molar-refractivity contribution in [3.63, 3.8) is 0 Å². The number of nitrogens with one attached hydrogen (secondary N) is 1. The van der Waals surface area contributed by atoms with E-state index in [4.69, 9.17) is 5.73 Å². The van der Waals surface area contributed by atoms with Crippen molar-refractivity contribution in [1.82, 2.24) is 4.98 Å². The van der Waals surface area contributed by atoms with Crippen LogP contribution < -0.4 is 16.0 Å². The van der Waals surface area contributed by atoms with E-state index < -0.39 is 0 Å². The third-order valence-electron chi connectivity index (χ3n) is 3.65. The third kappa shape index (κ3) is 3.08. The van der Waals surface area contributed by atoms with E-state index in [0.29, 0.717) is 6.04 Å². The molecule has 1 unspecified atom stereocenters. The van der Waals surface area contributed by atoms with Crippen molar-refractivity contribution in [2.24, 2.45) is 5.73 Å². The normalized spacial score (nSPS) is 18.2. The van der Waals surface area contributed by atoms with E-state index in [0.717, 1.165) is 31.9 Å². The number of benzene rings is 1. The van der Waals surface area contributed by atoms with Crippen LogP contribution in [0.4, 0.5) is 11.5 Å². The highest BCUT2D eigenvalue weighted by atomic mass is 15.2. The van der Waals surface area contributed by atoms with Gasteiger partial charge in [-0.1, -0.05) is 30.3 Å². The Morgan fingerprint density at radius 1 is 1.25 bits per heavy atom. The minimum absolute atomic E-state index is 0.295. The molecule has 3 rings (SSSR count). The predicted octanol–water partition coefficient (Wildman–Crippen LogP) is 2.23. The van der Waals surface area contributed by atoms with Crippen LogP contribution in [0, 0.1) is 0 Å². The maximum Gasteiger partial charge on any atom is 0.128 e. The van der Waals surface area contributed by atoms with Crippen LogP contribution in [0.1, 0.15) is 12.0 Å². The molecule has 0 aliphatic carbocycles. The summed E-state index contributed by atoms with van der Waals surface area (Å²) in [5.74, 6) is 0.909. The Hall–Kier alpha value is -2.07. The molecule has 0 radical (unpaired) electrons. The van der Waals surface area contributed by atoms with E-state index in [9.17, 15) is 0 Å². The topological polar surface area (TPSA) is 54.2 Å². The Labute approximate surface area is 119 Å². The molecule has 2 heterocycles. The van der Waals surface area contributed by atoms with Gasteiger partial charge in [0.1, 0.15) is 5.82 Å². The molecular weight excluding hydrogens is 248 g/mol. The van der Waals surface area contributed by atoms with Crippen molar-refractivity contribution in [3.05, 3.63) is 54.2 Å². The smallest absolute Gasteiger partial charge is 0.128 e. The number of rotatable bonds is 4. The molecule has 4 heteroatoms. The zero-order valence-corrected chi connectivity index (χ0v) is 11.5. The lowest BCUT2D eigenvalue weighted by Crippen LogP contribution is -2.26. The molecule has 0 saturated carbocycles. The van der Waals surface area contributed by atoms with Gasteiger partial charge in [-0.2, -0.15) is 0 Å². The van der Waals surface area contributed by atoms with Gasteiger partial charge in [-0.15, -0.1) is 0 Å². The predicted molar refractivity (Wildman–Crippen MR) is 82.8 cm³/mol. The molecule has 1 atom stereocenters. The second kappa shape index (κ2) is 5.92. The summed E-state index contributed by atoms with van der Waals surface area (Å²) in [4.78, 5) is 6.70. The molecule has 104 valence electrons. The molecule has 1 aromatic heterocycles. The van der Waals surface area contributed by atoms with Crippen molar-refractivity contribution in [2.45, 2.75) is 19.0 Å². The van der Waals surface area contributed by atoms with E-state index in [2.05, 4.69) is 33.4 Å². The first-order chi connectivity index (χ1) is 9.81. The van der Waals surface area contributed by atoms with E-state index in [1.807, 2.05) is 30.5 Å². The van der Waals surface area contributed by atoms with Crippen LogP contribution in [0.2, 0.25) is 0 Å². The molecule has 1 aromatic carbocycles. The van der Waals surface area contributed by atoms with Crippen LogP contribution in [0.25, 0.3) is 0 Å². The largest absolute Gasteiger partial charge is 0.370 e. The molecule has 1 fully saturated rings. The van der Waals surface area contributed by atoms with Gasteiger partial charge in [0.2, 0.25) is 0 Å². The molecule has 20 heavy (non-hydrogen) atoms. The number of nitrogens with two attached hydrogens (primary N) is 1. The monoisotopic (exact) mass is 268 g/mol. The second-order valence-electron chi connectivity index (χ2n) is 5.23. The van der Waals surface area contributed by atoms with Crippen molar-refractivity contribution < 1.29 is 0 Å². The minimum Gasteiger partial charge on any atom is -0.370 e. The molecule has 0 bridgehead atoms. The van der Waals surface area contributed by atoms with Gasteiger partial charge in [0.05, 0.1) is 0 Å². The number of hydrogen-bond donors (Lipinski definition) is 2. The fourth-order valence-electron chi connectivity index (χ4n) is 2.52. The number of pyridine rings is 1. The molecule has 3 N–H and O–H groups in total. The van der Waals surface area contributed by atoms with E-state index in [1.165, 1.54) is 11.3 Å². The molecule has 0 amide bonds. The van der Waals surface area contributed by atoms with Crippen LogP contribution >= 0.6 is 0 Å². The molecular formula is C16H20N4. The van der Waals surface area contributed by atoms with Crippen LogP contribution in [0.5, 0.6) is 0 Å². The van der Waals surface area contributed by atoms with Crippen molar-refractivity contribution in [2.75, 3.05) is 23.3 Å². The van der Waals surface area contributed by atoms with Gasteiger partial charge in [-0.25, -0.2) is 4.98 Å². The van der Waals surface area contributed by atoms with Gasteiger partial charge in [0.25, 0.3) is 0 Å². The Morgan fingerprint density at radius 3 is 2.85 bits per heavy atom. The molecule has 1 aliphatic rings. The van der Waals surface area contributed by atoms with Crippen LogP contribution in [-0.2, 0) is 6.54 Å². The summed E-state index contributed by atoms with van der Waals surface area (Å²) in [6, 6.07) is 14.8. The fraction of sp³-hybridized carbons (Fsp3) is 0.312. The van der Waals surface area contributed by atoms with E-state index >= 15 is 0 Å². The molecule has 4 nitrogen and oxygen atoms in total. The van der Waals surface area contributed by atoms with Crippen LogP contribution in [0.15, 0.2) is 48.7 Å². The van der Waals surface area contributed by atoms with Gasteiger partial charge in [0.15, 0.2) is 0 Å². The summed E-state index contributed by atoms with van der Waals surface area (Å²) >= 11 is 0. The molecule has 1 aliphatic heterocycles. The Morgan fingerprint density at radius 2 is 2.10 bits per heavy atom. The maximum absolute atomic E-state index is 5.96. The average Bonchev–Trinajstić information content (AvgIpc) is 2.93. The fourth-order valence-corrected chi connectivity index (χ4v) is 2.52. The van der Waals surface area contributed by atoms with E-state index in [-0.39, 0.29) is 0 Å². The highest BCUT2D eigenvalue weighted by Gasteiger charge is 2.19. The summed E-state index contributed by atoms with van der Waals surface area (Å²) in [6.45, 7) is 2.75. The van der Waals surface area contributed by atoms with Gasteiger partial charge in [-0.05, 0) is 18.1 Å². The zero-order chi connectivity index (χ0) is 13.8. The van der Waals surface area contributed by atoms with Gasteiger partial charge in [-0.3, -0.25) is 0 Å². The maximum atomic E-state index is 5.96. The number of hydrogen-bond acceptors (Lipinski definition) is 4. The SMILES string of the molecule is NC1CCN(c2ccnc(NCc3ccccc3)c2)C1. The summed E-state index contributed by atoms with van der Waals surface area (Å²) in [5, 5.41) is 3.37. The molecule has 0 spiro atoms. The van der Waals surface area contributed by atoms with Crippen molar-refractivity contribution in [1.29, 1.82) is 0 Å². The lowest BCUT2D eigenvalue weighted by atomic mass is 10.2. The third-order valence-corrected chi connectivity index (χ3v) is 3.65. The quantitative estimate of drug-likeness (QED) is 0.893. The second-order valence-corrected chi connectivity index (χ2v) is 5.23. The van der Waals surface area contributed by atoms with Crippen LogP contribution in [-0.4, -0.2) is 24.1 Å². The average molecular weight is 268 g/mol. The first kappa shape index (κ1) is 12.9. The highest BCUT2D eigenvalue weighted by molar-refractivity contribution is 5.54. The lowest BCUT2D eigenvalue weighted by Gasteiger charge is -2.18. The van der Waals surface area contributed by atoms with E-state index in [1.54, 1.807) is 0 Å². The highest BCUT2D eigenvalue weighted by Crippen LogP contribution is 2.21. The summed E-state index contributed by atoms with van der Waals surface area (Å²) in [7, 11) is 0. The first-order valence-corrected chi connectivity index (χ1v) is 7.05. The van der Waals surface area contributed by atoms with Crippen molar-refractivity contribution in [3.8, 4) is 0 Å². The lowest BCUT2D eigenvalue weighted by molar-refractivity contribution is 0.752. The summed E-state index contributed by atoms with van der Waals surface area (Å²) in [6.07, 6.45) is 2.92. The van der Waals surface area contributed by atoms with Gasteiger partial charge >= 0.3 is 0 Å². The number of anilines is 2. The standard InChI is InChI=1S/C16H20N4/c17-14-7-9-20(12-14)15-6-8-18-16(10-15)19-11-13-4-2-1-3-5-13/h1-6,8,10,14H,7,9,11-12,17H2,(H,18,19). The van der Waals surface area contributed by atoms with Crippen LogP contribution in [0.3, 0.4) is 0 Å². The molecule has 1 saturated heterocycles. The number of aromatic nitrogens is 1.